The number of rotatable bonds is 1. The molecule has 2 fully saturated rings. The molecule has 0 unspecified atom stereocenters. The molecule has 1 spiro atoms. The van der Waals surface area contributed by atoms with Crippen LogP contribution in [0.3, 0.4) is 0 Å². The summed E-state index contributed by atoms with van der Waals surface area (Å²) in [6.07, 6.45) is 1.51. The lowest BCUT2D eigenvalue weighted by Gasteiger charge is -2.22. The molecule has 0 amide bonds. The van der Waals surface area contributed by atoms with Crippen molar-refractivity contribution in [3.8, 4) is 0 Å². The number of hydrogen-bond acceptors (Lipinski definition) is 5. The van der Waals surface area contributed by atoms with Crippen molar-refractivity contribution >= 4 is 0 Å². The quantitative estimate of drug-likeness (QED) is 0.774. The smallest absolute Gasteiger partial charge is 0.330 e. The van der Waals surface area contributed by atoms with Crippen LogP contribution in [0.5, 0.6) is 0 Å². The van der Waals surface area contributed by atoms with Gasteiger partial charge in [-0.3, -0.25) is 14.3 Å². The van der Waals surface area contributed by atoms with Crippen molar-refractivity contribution < 1.29 is 14.2 Å². The van der Waals surface area contributed by atoms with Gasteiger partial charge in [0.1, 0.15) is 11.8 Å². The van der Waals surface area contributed by atoms with Gasteiger partial charge >= 0.3 is 5.69 Å². The van der Waals surface area contributed by atoms with Gasteiger partial charge in [-0.2, -0.15) is 0 Å². The van der Waals surface area contributed by atoms with Crippen LogP contribution in [-0.4, -0.2) is 34.2 Å². The number of ether oxygens (including phenoxy) is 3. The molecule has 0 radical (unpaired) electrons. The van der Waals surface area contributed by atoms with E-state index < -0.39 is 28.9 Å². The Balaban J connectivity index is 1.83. The first kappa shape index (κ1) is 12.6. The lowest BCUT2D eigenvalue weighted by Crippen LogP contribution is -2.35. The fraction of sp³-hybridized carbons (Fsp3) is 0.667. The Morgan fingerprint density at radius 3 is 2.79 bits per heavy atom. The first-order chi connectivity index (χ1) is 8.89. The van der Waals surface area contributed by atoms with Gasteiger partial charge in [0.15, 0.2) is 5.79 Å². The van der Waals surface area contributed by atoms with Gasteiger partial charge in [-0.15, -0.1) is 0 Å². The predicted octanol–water partition coefficient (Wildman–Crippen LogP) is -0.0228. The molecule has 1 aromatic rings. The average Bonchev–Trinajstić information content (AvgIpc) is 2.83. The summed E-state index contributed by atoms with van der Waals surface area (Å²) >= 11 is 0. The zero-order chi connectivity index (χ0) is 13.7. The fourth-order valence-corrected chi connectivity index (χ4v) is 2.57. The lowest BCUT2D eigenvalue weighted by atomic mass is 10.0. The maximum Gasteiger partial charge on any atom is 0.330 e. The Kier molecular flexibility index (Phi) is 2.67. The topological polar surface area (TPSA) is 82.5 Å². The van der Waals surface area contributed by atoms with Gasteiger partial charge < -0.3 is 14.2 Å². The van der Waals surface area contributed by atoms with E-state index in [0.717, 1.165) is 0 Å². The van der Waals surface area contributed by atoms with E-state index in [1.807, 2.05) is 13.8 Å². The van der Waals surface area contributed by atoms with Crippen LogP contribution in [0.4, 0.5) is 0 Å². The second-order valence-corrected chi connectivity index (χ2v) is 5.46. The normalized spacial score (nSPS) is 33.1. The third-order valence-corrected chi connectivity index (χ3v) is 3.39. The van der Waals surface area contributed by atoms with Crippen molar-refractivity contribution in [1.82, 2.24) is 9.55 Å². The maximum atomic E-state index is 11.7. The van der Waals surface area contributed by atoms with Crippen LogP contribution in [0, 0.1) is 0 Å². The Bertz CT molecular complexity index is 605. The molecule has 104 valence electrons. The third kappa shape index (κ3) is 2.24. The van der Waals surface area contributed by atoms with Gasteiger partial charge in [0.25, 0.3) is 5.56 Å². The monoisotopic (exact) mass is 268 g/mol. The molecule has 2 aliphatic rings. The van der Waals surface area contributed by atoms with Crippen LogP contribution in [-0.2, 0) is 14.2 Å². The third-order valence-electron chi connectivity index (χ3n) is 3.39. The molecule has 1 aromatic heterocycles. The van der Waals surface area contributed by atoms with Crippen molar-refractivity contribution in [2.45, 2.75) is 37.9 Å². The first-order valence-electron chi connectivity index (χ1n) is 6.16. The van der Waals surface area contributed by atoms with E-state index in [4.69, 9.17) is 14.2 Å². The van der Waals surface area contributed by atoms with E-state index in [0.29, 0.717) is 19.6 Å². The second kappa shape index (κ2) is 4.03. The van der Waals surface area contributed by atoms with Gasteiger partial charge in [-0.1, -0.05) is 0 Å². The van der Waals surface area contributed by atoms with Gasteiger partial charge in [-0.25, -0.2) is 4.79 Å². The summed E-state index contributed by atoms with van der Waals surface area (Å²) in [6, 6.07) is 1.30. The van der Waals surface area contributed by atoms with Crippen LogP contribution in [0.1, 0.15) is 26.5 Å². The zero-order valence-corrected chi connectivity index (χ0v) is 10.8. The summed E-state index contributed by atoms with van der Waals surface area (Å²) in [6.45, 7) is 4.50. The molecule has 2 aliphatic heterocycles. The van der Waals surface area contributed by atoms with E-state index in [9.17, 15) is 9.59 Å². The highest BCUT2D eigenvalue weighted by Crippen LogP contribution is 2.41. The lowest BCUT2D eigenvalue weighted by molar-refractivity contribution is -0.160. The minimum Gasteiger partial charge on any atom is -0.355 e. The number of aromatic nitrogens is 2. The minimum atomic E-state index is -0.631. The molecule has 1 N–H and O–H groups in total. The van der Waals surface area contributed by atoms with E-state index in [2.05, 4.69) is 4.98 Å². The van der Waals surface area contributed by atoms with Crippen molar-refractivity contribution in [2.75, 3.05) is 13.2 Å². The minimum absolute atomic E-state index is 0.368. The van der Waals surface area contributed by atoms with Gasteiger partial charge in [0, 0.05) is 18.7 Å². The van der Waals surface area contributed by atoms with Gasteiger partial charge in [0.05, 0.1) is 13.2 Å². The average molecular weight is 268 g/mol. The van der Waals surface area contributed by atoms with Gasteiger partial charge in [-0.05, 0) is 13.8 Å². The molecule has 0 aromatic carbocycles. The molecule has 7 heteroatoms. The molecule has 0 bridgehead atoms. The zero-order valence-electron chi connectivity index (χ0n) is 10.8. The summed E-state index contributed by atoms with van der Waals surface area (Å²) < 4.78 is 18.4. The Morgan fingerprint density at radius 2 is 2.16 bits per heavy atom. The Morgan fingerprint density at radius 1 is 1.37 bits per heavy atom. The van der Waals surface area contributed by atoms with E-state index >= 15 is 0 Å². The van der Waals surface area contributed by atoms with Crippen LogP contribution in [0.15, 0.2) is 21.9 Å². The predicted molar refractivity (Wildman–Crippen MR) is 64.8 cm³/mol. The number of nitrogens with zero attached hydrogens (tertiary/aromatic N) is 1. The van der Waals surface area contributed by atoms with Crippen molar-refractivity contribution in [1.29, 1.82) is 0 Å². The van der Waals surface area contributed by atoms with E-state index in [1.54, 1.807) is 0 Å². The number of aromatic amines is 1. The number of H-pyrrole nitrogens is 1. The number of nitrogens with one attached hydrogen (secondary N) is 1. The van der Waals surface area contributed by atoms with Crippen LogP contribution < -0.4 is 11.2 Å². The maximum absolute atomic E-state index is 11.7. The fourth-order valence-electron chi connectivity index (χ4n) is 2.57. The summed E-state index contributed by atoms with van der Waals surface area (Å²) in [5, 5.41) is 0. The summed E-state index contributed by atoms with van der Waals surface area (Å²) in [5.74, 6) is -0.631. The standard InChI is InChI=1S/C12H16N2O5/c1-11(2)18-7-12(19-11)5-9(17-6-12)14-4-3-8(15)13-10(14)16/h3-4,9H,5-7H2,1-2H3,(H,13,15,16)/t9-,12-/m1/s1. The largest absolute Gasteiger partial charge is 0.355 e. The molecule has 0 saturated carbocycles. The molecule has 2 saturated heterocycles. The molecular weight excluding hydrogens is 252 g/mol. The first-order valence-corrected chi connectivity index (χ1v) is 6.16. The Hall–Kier alpha value is -1.44. The van der Waals surface area contributed by atoms with Crippen LogP contribution >= 0.6 is 0 Å². The molecule has 0 aliphatic carbocycles. The van der Waals surface area contributed by atoms with Crippen LogP contribution in [0.25, 0.3) is 0 Å². The van der Waals surface area contributed by atoms with E-state index in [1.165, 1.54) is 16.8 Å². The second-order valence-electron chi connectivity index (χ2n) is 5.46. The van der Waals surface area contributed by atoms with Crippen molar-refractivity contribution in [3.63, 3.8) is 0 Å². The summed E-state index contributed by atoms with van der Waals surface area (Å²) in [5.41, 5.74) is -1.41. The molecule has 2 atom stereocenters. The van der Waals surface area contributed by atoms with Crippen molar-refractivity contribution in [3.05, 3.63) is 33.1 Å². The molecule has 7 nitrogen and oxygen atoms in total. The molecule has 19 heavy (non-hydrogen) atoms. The van der Waals surface area contributed by atoms with Crippen LogP contribution in [0.2, 0.25) is 0 Å². The molecular formula is C12H16N2O5. The highest BCUT2D eigenvalue weighted by molar-refractivity contribution is 4.95. The van der Waals surface area contributed by atoms with E-state index in [-0.39, 0.29) is 0 Å². The van der Waals surface area contributed by atoms with Crippen molar-refractivity contribution in [2.24, 2.45) is 0 Å². The molecule has 3 rings (SSSR count). The Labute approximate surface area is 109 Å². The summed E-state index contributed by atoms with van der Waals surface area (Å²) in [7, 11) is 0. The molecule has 3 heterocycles. The highest BCUT2D eigenvalue weighted by Gasteiger charge is 2.51. The summed E-state index contributed by atoms with van der Waals surface area (Å²) in [4.78, 5) is 25.0. The SMILES string of the molecule is CC1(C)OC[C@@]2(CO[C@@H](n3ccc(=O)[nH]c3=O)C2)O1. The highest BCUT2D eigenvalue weighted by atomic mass is 16.8. The number of hydrogen-bond donors (Lipinski definition) is 1. The van der Waals surface area contributed by atoms with Gasteiger partial charge in [0.2, 0.25) is 0 Å².